The minimum Gasteiger partial charge on any atom is -0.481 e. The minimum atomic E-state index is -3.58. The van der Waals surface area contributed by atoms with Crippen LogP contribution in [0, 0.1) is 5.92 Å². The number of hydrogen-bond acceptors (Lipinski definition) is 6. The van der Waals surface area contributed by atoms with Crippen LogP contribution in [0.3, 0.4) is 0 Å². The highest BCUT2D eigenvalue weighted by Crippen LogP contribution is 2.23. The van der Waals surface area contributed by atoms with Crippen molar-refractivity contribution in [1.29, 1.82) is 0 Å². The molecule has 0 aliphatic heterocycles. The molecule has 2 rings (SSSR count). The number of imidazole rings is 1. The average Bonchev–Trinajstić information content (AvgIpc) is 3.07. The summed E-state index contributed by atoms with van der Waals surface area (Å²) in [6.45, 7) is 5.52. The van der Waals surface area contributed by atoms with Crippen LogP contribution in [0.2, 0.25) is 0 Å². The molecule has 0 bridgehead atoms. The molecular formula is C23H35Cl2F2N5O5. The minimum absolute atomic E-state index is 0.275. The maximum absolute atomic E-state index is 11.2. The van der Waals surface area contributed by atoms with Gasteiger partial charge < -0.3 is 31.1 Å². The van der Waals surface area contributed by atoms with Crippen LogP contribution in [0.5, 0.6) is 0 Å². The van der Waals surface area contributed by atoms with Crippen molar-refractivity contribution in [3.63, 3.8) is 0 Å². The van der Waals surface area contributed by atoms with Gasteiger partial charge in [-0.2, -0.15) is 8.78 Å². The number of alkyl halides is 4. The molecule has 0 aliphatic carbocycles. The highest BCUT2D eigenvalue weighted by molar-refractivity contribution is 6.18. The number of carbonyl (C=O) groups excluding carboxylic acids is 1. The van der Waals surface area contributed by atoms with E-state index in [9.17, 15) is 23.2 Å². The Kier molecular flexibility index (Phi) is 15.0. The topological polar surface area (TPSA) is 165 Å². The molecule has 37 heavy (non-hydrogen) atoms. The summed E-state index contributed by atoms with van der Waals surface area (Å²) in [6.07, 6.45) is 0.586. The lowest BCUT2D eigenvalue weighted by Gasteiger charge is -2.22. The van der Waals surface area contributed by atoms with Crippen LogP contribution >= 0.6 is 23.2 Å². The standard InChI is InChI=1S/C15H21Cl2N5O.C5H10O2.C3H4F2O2/c1-21-13-3-2-10(22(6-4-16)7-5-17)8-12(13)20-14(21)9-11(18)15(19)23;1-4(2)3-5(6)7;1-3(4,5)2(6)7/h2-3,8,11H,4-7,9,18H2,1H3,(H2,19,23);4H,3H2,1-2H3,(H,6,7);1H3,(H,6,7). The first-order valence-corrected chi connectivity index (χ1v) is 12.3. The second kappa shape index (κ2) is 16.2. The molecule has 10 nitrogen and oxygen atoms in total. The van der Waals surface area contributed by atoms with E-state index in [4.69, 9.17) is 44.9 Å². The Hall–Kier alpha value is -2.70. The van der Waals surface area contributed by atoms with Gasteiger partial charge in [0.2, 0.25) is 5.91 Å². The van der Waals surface area contributed by atoms with Crippen LogP contribution in [-0.4, -0.2) is 74.4 Å². The number of aromatic nitrogens is 2. The van der Waals surface area contributed by atoms with E-state index in [1.54, 1.807) is 0 Å². The van der Waals surface area contributed by atoms with Gasteiger partial charge in [0.1, 0.15) is 5.82 Å². The Balaban J connectivity index is 0.000000761. The van der Waals surface area contributed by atoms with Gasteiger partial charge in [0.25, 0.3) is 0 Å². The van der Waals surface area contributed by atoms with E-state index in [0.29, 0.717) is 38.2 Å². The van der Waals surface area contributed by atoms with Gasteiger partial charge in [0.15, 0.2) is 0 Å². The van der Waals surface area contributed by atoms with E-state index in [0.717, 1.165) is 22.5 Å². The van der Waals surface area contributed by atoms with Gasteiger partial charge in [-0.05, 0) is 24.1 Å². The van der Waals surface area contributed by atoms with Gasteiger partial charge in [-0.1, -0.05) is 13.8 Å². The number of anilines is 1. The fourth-order valence-electron chi connectivity index (χ4n) is 2.84. The second-order valence-corrected chi connectivity index (χ2v) is 9.28. The number of rotatable bonds is 11. The first-order valence-electron chi connectivity index (χ1n) is 11.2. The lowest BCUT2D eigenvalue weighted by Crippen LogP contribution is -2.38. The summed E-state index contributed by atoms with van der Waals surface area (Å²) >= 11 is 11.7. The molecule has 1 aromatic heterocycles. The lowest BCUT2D eigenvalue weighted by molar-refractivity contribution is -0.162. The summed E-state index contributed by atoms with van der Waals surface area (Å²) in [4.78, 5) is 36.9. The summed E-state index contributed by atoms with van der Waals surface area (Å²) in [5.41, 5.74) is 13.8. The molecule has 0 spiro atoms. The summed E-state index contributed by atoms with van der Waals surface area (Å²) < 4.78 is 24.4. The predicted octanol–water partition coefficient (Wildman–Crippen LogP) is 3.06. The van der Waals surface area contributed by atoms with E-state index in [1.807, 2.05) is 43.7 Å². The van der Waals surface area contributed by atoms with Gasteiger partial charge in [0, 0.05) is 57.3 Å². The average molecular weight is 570 g/mol. The number of nitrogens with zero attached hydrogens (tertiary/aromatic N) is 3. The quantitative estimate of drug-likeness (QED) is 0.300. The molecule has 2 aromatic rings. The van der Waals surface area contributed by atoms with Crippen molar-refractivity contribution in [3.05, 3.63) is 24.0 Å². The van der Waals surface area contributed by atoms with E-state index < -0.39 is 29.8 Å². The lowest BCUT2D eigenvalue weighted by atomic mass is 10.1. The van der Waals surface area contributed by atoms with Crippen molar-refractivity contribution in [2.75, 3.05) is 29.7 Å². The van der Waals surface area contributed by atoms with Gasteiger partial charge in [-0.25, -0.2) is 9.78 Å². The van der Waals surface area contributed by atoms with E-state index in [-0.39, 0.29) is 12.3 Å². The molecule has 0 radical (unpaired) electrons. The highest BCUT2D eigenvalue weighted by atomic mass is 35.5. The number of halogens is 4. The molecule has 1 unspecified atom stereocenters. The Bertz CT molecular complexity index is 1020. The first kappa shape index (κ1) is 34.3. The Labute approximate surface area is 224 Å². The van der Waals surface area contributed by atoms with Crippen LogP contribution in [0.4, 0.5) is 14.5 Å². The molecule has 210 valence electrons. The van der Waals surface area contributed by atoms with Crippen molar-refractivity contribution in [3.8, 4) is 0 Å². The Morgan fingerprint density at radius 1 is 1.16 bits per heavy atom. The van der Waals surface area contributed by atoms with Gasteiger partial charge in [-0.15, -0.1) is 23.2 Å². The number of aliphatic carboxylic acids is 2. The van der Waals surface area contributed by atoms with Crippen LogP contribution < -0.4 is 16.4 Å². The van der Waals surface area contributed by atoms with Crippen LogP contribution in [0.25, 0.3) is 11.0 Å². The van der Waals surface area contributed by atoms with E-state index in [1.165, 1.54) is 0 Å². The molecule has 1 heterocycles. The van der Waals surface area contributed by atoms with Gasteiger partial charge in [-0.3, -0.25) is 9.59 Å². The summed E-state index contributed by atoms with van der Waals surface area (Å²) in [5, 5.41) is 15.6. The monoisotopic (exact) mass is 569 g/mol. The number of amides is 1. The maximum atomic E-state index is 11.2. The molecule has 0 saturated carbocycles. The molecule has 1 atom stereocenters. The number of nitrogens with two attached hydrogens (primary N) is 2. The predicted molar refractivity (Wildman–Crippen MR) is 141 cm³/mol. The molecule has 6 N–H and O–H groups in total. The fourth-order valence-corrected chi connectivity index (χ4v) is 3.25. The highest BCUT2D eigenvalue weighted by Gasteiger charge is 2.31. The number of aryl methyl sites for hydroxylation is 1. The number of primary amides is 1. The number of carboxylic acid groups (broad SMARTS) is 2. The SMILES string of the molecule is CC(C)CC(=O)O.CC(F)(F)C(=O)O.Cn1c(CC(N)C(N)=O)nc2cc(N(CCCl)CCCl)ccc21. The fraction of sp³-hybridized carbons (Fsp3) is 0.565. The third-order valence-electron chi connectivity index (χ3n) is 4.76. The number of hydrogen-bond donors (Lipinski definition) is 4. The van der Waals surface area contributed by atoms with Gasteiger partial charge >= 0.3 is 17.9 Å². The van der Waals surface area contributed by atoms with Crippen molar-refractivity contribution >= 4 is 57.8 Å². The zero-order valence-corrected chi connectivity index (χ0v) is 22.8. The van der Waals surface area contributed by atoms with Crippen molar-refractivity contribution in [2.24, 2.45) is 24.4 Å². The molecule has 0 fully saturated rings. The maximum Gasteiger partial charge on any atom is 0.374 e. The summed E-state index contributed by atoms with van der Waals surface area (Å²) in [7, 11) is 1.90. The Morgan fingerprint density at radius 2 is 1.68 bits per heavy atom. The molecule has 1 aromatic carbocycles. The summed E-state index contributed by atoms with van der Waals surface area (Å²) in [6, 6.07) is 5.26. The third kappa shape index (κ3) is 12.9. The zero-order valence-electron chi connectivity index (χ0n) is 21.3. The first-order chi connectivity index (χ1) is 17.0. The van der Waals surface area contributed by atoms with Crippen LogP contribution in [0.1, 0.15) is 33.0 Å². The number of fused-ring (bicyclic) bond motifs is 1. The molecular weight excluding hydrogens is 535 g/mol. The second-order valence-electron chi connectivity index (χ2n) is 8.52. The van der Waals surface area contributed by atoms with Crippen molar-refractivity contribution in [2.45, 2.75) is 45.6 Å². The van der Waals surface area contributed by atoms with E-state index >= 15 is 0 Å². The zero-order chi connectivity index (χ0) is 28.9. The van der Waals surface area contributed by atoms with Crippen molar-refractivity contribution < 1.29 is 33.4 Å². The third-order valence-corrected chi connectivity index (χ3v) is 5.10. The normalized spacial score (nSPS) is 11.7. The van der Waals surface area contributed by atoms with Crippen LogP contribution in [-0.2, 0) is 27.9 Å². The van der Waals surface area contributed by atoms with Gasteiger partial charge in [0.05, 0.1) is 17.1 Å². The molecule has 0 saturated heterocycles. The summed E-state index contributed by atoms with van der Waals surface area (Å²) in [5.74, 6) is -4.87. The van der Waals surface area contributed by atoms with Crippen molar-refractivity contribution in [1.82, 2.24) is 9.55 Å². The van der Waals surface area contributed by atoms with E-state index in [2.05, 4.69) is 9.88 Å². The largest absolute Gasteiger partial charge is 0.481 e. The molecule has 1 amide bonds. The number of benzene rings is 1. The number of carboxylic acids is 2. The Morgan fingerprint density at radius 3 is 2.03 bits per heavy atom. The molecule has 0 aliphatic rings. The number of carbonyl (C=O) groups is 3. The molecule has 14 heteroatoms. The van der Waals surface area contributed by atoms with Crippen LogP contribution in [0.15, 0.2) is 18.2 Å². The smallest absolute Gasteiger partial charge is 0.374 e.